The summed E-state index contributed by atoms with van der Waals surface area (Å²) in [7, 11) is -1.47. The van der Waals surface area contributed by atoms with Crippen molar-refractivity contribution in [2.24, 2.45) is 0 Å². The largest absolute Gasteiger partial charge is 0.378 e. The molecular weight excluding hydrogens is 388 g/mol. The lowest BCUT2D eigenvalue weighted by atomic mass is 10.2. The van der Waals surface area contributed by atoms with Crippen LogP contribution in [-0.2, 0) is 15.5 Å². The van der Waals surface area contributed by atoms with Gasteiger partial charge in [0.2, 0.25) is 5.16 Å². The Hall–Kier alpha value is -2.46. The van der Waals surface area contributed by atoms with Gasteiger partial charge < -0.3 is 9.64 Å². The average Bonchev–Trinajstić information content (AvgIpc) is 3.07. The van der Waals surface area contributed by atoms with Crippen molar-refractivity contribution in [2.75, 3.05) is 37.5 Å². The molecule has 3 heterocycles. The topological polar surface area (TPSA) is 73.1 Å². The van der Waals surface area contributed by atoms with Crippen LogP contribution in [0.5, 0.6) is 0 Å². The molecule has 10 heteroatoms. The maximum absolute atomic E-state index is 13.8. The number of anilines is 1. The van der Waals surface area contributed by atoms with Gasteiger partial charge in [-0.15, -0.1) is 0 Å². The Labute approximate surface area is 162 Å². The first-order valence-corrected chi connectivity index (χ1v) is 10.3. The number of halogens is 2. The van der Waals surface area contributed by atoms with E-state index in [1.807, 2.05) is 17.9 Å². The van der Waals surface area contributed by atoms with Gasteiger partial charge in [-0.25, -0.2) is 23.7 Å². The van der Waals surface area contributed by atoms with E-state index in [9.17, 15) is 13.0 Å². The number of morpholine rings is 1. The van der Waals surface area contributed by atoms with Crippen LogP contribution in [0.25, 0.3) is 16.9 Å². The summed E-state index contributed by atoms with van der Waals surface area (Å²) in [6, 6.07) is 6.95. The van der Waals surface area contributed by atoms with E-state index in [2.05, 4.69) is 15.0 Å². The number of imidazole rings is 1. The van der Waals surface area contributed by atoms with Crippen molar-refractivity contribution in [3.05, 3.63) is 35.7 Å². The number of fused-ring (bicyclic) bond motifs is 1. The van der Waals surface area contributed by atoms with Gasteiger partial charge in [0, 0.05) is 25.4 Å². The zero-order valence-corrected chi connectivity index (χ0v) is 16.2. The van der Waals surface area contributed by atoms with Gasteiger partial charge in [0.05, 0.1) is 35.0 Å². The third kappa shape index (κ3) is 3.49. The molecule has 0 saturated carbocycles. The number of nitrogens with zero attached hydrogens (tertiary/aromatic N) is 5. The fourth-order valence-electron chi connectivity index (χ4n) is 3.19. The molecule has 2 aromatic heterocycles. The Balaban J connectivity index is 1.95. The molecular formula is C18H19F2N5O2S. The fourth-order valence-corrected chi connectivity index (χ4v) is 3.63. The molecule has 1 unspecified atom stereocenters. The molecule has 0 radical (unpaired) electrons. The van der Waals surface area contributed by atoms with Crippen molar-refractivity contribution in [1.29, 1.82) is 0 Å². The molecule has 0 N–H and O–H groups in total. The smallest absolute Gasteiger partial charge is 0.296 e. The van der Waals surface area contributed by atoms with E-state index in [4.69, 9.17) is 4.74 Å². The van der Waals surface area contributed by atoms with Crippen molar-refractivity contribution in [1.82, 2.24) is 19.5 Å². The van der Waals surface area contributed by atoms with Crippen LogP contribution in [0.4, 0.5) is 14.6 Å². The first-order chi connectivity index (χ1) is 13.4. The molecule has 4 rings (SSSR count). The number of alkyl halides is 2. The van der Waals surface area contributed by atoms with Crippen molar-refractivity contribution >= 4 is 27.7 Å². The molecule has 0 aliphatic carbocycles. The van der Waals surface area contributed by atoms with E-state index in [1.165, 1.54) is 10.8 Å². The van der Waals surface area contributed by atoms with Crippen LogP contribution >= 0.6 is 0 Å². The quantitative estimate of drug-likeness (QED) is 0.619. The van der Waals surface area contributed by atoms with E-state index in [0.29, 0.717) is 43.2 Å². The number of rotatable bonds is 4. The molecule has 0 spiro atoms. The van der Waals surface area contributed by atoms with Crippen LogP contribution in [0.3, 0.4) is 0 Å². The highest BCUT2D eigenvalue weighted by atomic mass is 32.2. The van der Waals surface area contributed by atoms with Crippen LogP contribution < -0.4 is 4.90 Å². The number of hydrogen-bond acceptors (Lipinski definition) is 6. The Morgan fingerprint density at radius 2 is 1.82 bits per heavy atom. The Morgan fingerprint density at radius 1 is 1.11 bits per heavy atom. The lowest BCUT2D eigenvalue weighted by molar-refractivity contribution is 0.122. The summed E-state index contributed by atoms with van der Waals surface area (Å²) in [4.78, 5) is 14.7. The summed E-state index contributed by atoms with van der Waals surface area (Å²) >= 11 is 0. The van der Waals surface area contributed by atoms with Gasteiger partial charge in [-0.2, -0.15) is 0 Å². The van der Waals surface area contributed by atoms with E-state index < -0.39 is 23.0 Å². The summed E-state index contributed by atoms with van der Waals surface area (Å²) in [5.74, 6) is 0.360. The lowest BCUT2D eigenvalue weighted by Gasteiger charge is -2.28. The Morgan fingerprint density at radius 3 is 2.50 bits per heavy atom. The molecule has 0 bridgehead atoms. The normalized spacial score (nSPS) is 16.1. The third-order valence-corrected chi connectivity index (χ3v) is 5.23. The fraction of sp³-hybridized carbons (Fsp3) is 0.389. The van der Waals surface area contributed by atoms with Gasteiger partial charge in [0.15, 0.2) is 5.82 Å². The van der Waals surface area contributed by atoms with E-state index in [1.54, 1.807) is 18.2 Å². The molecule has 1 saturated heterocycles. The van der Waals surface area contributed by atoms with Crippen molar-refractivity contribution in [3.8, 4) is 5.82 Å². The van der Waals surface area contributed by atoms with Crippen LogP contribution in [0.2, 0.25) is 0 Å². The highest BCUT2D eigenvalue weighted by Crippen LogP contribution is 2.29. The van der Waals surface area contributed by atoms with E-state index >= 15 is 0 Å². The molecule has 1 aliphatic heterocycles. The second-order valence-electron chi connectivity index (χ2n) is 6.52. The second-order valence-corrected chi connectivity index (χ2v) is 7.79. The van der Waals surface area contributed by atoms with Gasteiger partial charge in [0.1, 0.15) is 11.6 Å². The molecule has 1 aromatic carbocycles. The summed E-state index contributed by atoms with van der Waals surface area (Å²) in [5, 5.41) is 0.0914. The number of aromatic nitrogens is 4. The lowest BCUT2D eigenvalue weighted by Crippen LogP contribution is -2.37. The number of hydrogen-bond donors (Lipinski definition) is 0. The second kappa shape index (κ2) is 7.51. The molecule has 1 aliphatic rings. The van der Waals surface area contributed by atoms with Gasteiger partial charge in [-0.3, -0.25) is 8.78 Å². The predicted octanol–water partition coefficient (Wildman–Crippen LogP) is 2.64. The molecule has 1 fully saturated rings. The number of ether oxygens (including phenoxy) is 1. The SMILES string of the molecule is Cc1ccc2nc(C(F)F)n(-c3cc(N4CCOCC4)nc(S(C)=O)n3)c2c1. The molecule has 1 atom stereocenters. The minimum atomic E-state index is -2.79. The predicted molar refractivity (Wildman–Crippen MR) is 102 cm³/mol. The molecule has 3 aromatic rings. The maximum atomic E-state index is 13.8. The van der Waals surface area contributed by atoms with Gasteiger partial charge in [0.25, 0.3) is 6.43 Å². The minimum absolute atomic E-state index is 0.0914. The van der Waals surface area contributed by atoms with Crippen molar-refractivity contribution < 1.29 is 17.7 Å². The van der Waals surface area contributed by atoms with Crippen LogP contribution in [0, 0.1) is 6.92 Å². The van der Waals surface area contributed by atoms with Crippen LogP contribution in [-0.4, -0.2) is 56.3 Å². The molecule has 7 nitrogen and oxygen atoms in total. The first-order valence-electron chi connectivity index (χ1n) is 8.77. The van der Waals surface area contributed by atoms with Crippen LogP contribution in [0.1, 0.15) is 17.8 Å². The average molecular weight is 407 g/mol. The third-order valence-electron chi connectivity index (χ3n) is 4.53. The number of aryl methyl sites for hydroxylation is 1. The molecule has 28 heavy (non-hydrogen) atoms. The monoisotopic (exact) mass is 407 g/mol. The standard InChI is InChI=1S/C18H19F2N5O2S/c1-11-3-4-12-13(9-11)25(17(21-12)16(19)20)15-10-14(22-18(23-15)28(2)26)24-5-7-27-8-6-24/h3-4,9-10,16H,5-8H2,1-2H3. The van der Waals surface area contributed by atoms with E-state index in [-0.39, 0.29) is 11.0 Å². The van der Waals surface area contributed by atoms with E-state index in [0.717, 1.165) is 5.56 Å². The van der Waals surface area contributed by atoms with Gasteiger partial charge in [-0.05, 0) is 24.6 Å². The Kier molecular flexibility index (Phi) is 5.07. The summed E-state index contributed by atoms with van der Waals surface area (Å²) in [6.45, 7) is 4.18. The maximum Gasteiger partial charge on any atom is 0.296 e. The zero-order chi connectivity index (χ0) is 19.8. The molecule has 148 valence electrons. The highest BCUT2D eigenvalue weighted by Gasteiger charge is 2.23. The summed E-state index contributed by atoms with van der Waals surface area (Å²) < 4.78 is 46.3. The van der Waals surface area contributed by atoms with Crippen LogP contribution in [0.15, 0.2) is 29.4 Å². The van der Waals surface area contributed by atoms with Crippen molar-refractivity contribution in [3.63, 3.8) is 0 Å². The highest BCUT2D eigenvalue weighted by molar-refractivity contribution is 7.84. The van der Waals surface area contributed by atoms with Gasteiger partial charge >= 0.3 is 0 Å². The first kappa shape index (κ1) is 18.9. The molecule has 0 amide bonds. The summed E-state index contributed by atoms with van der Waals surface area (Å²) in [6.07, 6.45) is -1.32. The minimum Gasteiger partial charge on any atom is -0.378 e. The number of benzene rings is 1. The Bertz CT molecular complexity index is 1050. The zero-order valence-electron chi connectivity index (χ0n) is 15.4. The van der Waals surface area contributed by atoms with Crippen molar-refractivity contribution in [2.45, 2.75) is 18.5 Å². The summed E-state index contributed by atoms with van der Waals surface area (Å²) in [5.41, 5.74) is 1.89. The van der Waals surface area contributed by atoms with Gasteiger partial charge in [-0.1, -0.05) is 6.07 Å².